The first kappa shape index (κ1) is 18.0. The summed E-state index contributed by atoms with van der Waals surface area (Å²) >= 11 is 5.95. The third-order valence-electron chi connectivity index (χ3n) is 4.34. The van der Waals surface area contributed by atoms with Crippen LogP contribution in [-0.4, -0.2) is 41.4 Å². The van der Waals surface area contributed by atoms with Crippen molar-refractivity contribution in [1.29, 1.82) is 0 Å². The standard InChI is InChI=1S/C16H20BClO5/c1-15(2)16(3,4)23-17(22-15)12(9-20)5-10-6-13(18)7-11(8-19)14(10)21/h5-8,20-21H,9H2,1-4H3. The Morgan fingerprint density at radius 1 is 1.22 bits per heavy atom. The SMILES string of the molecule is CC1(C)OB(C(=Cc2cc(Cl)cc(C=O)c2O)CO)OC1(C)C. The fourth-order valence-corrected chi connectivity index (χ4v) is 2.46. The lowest BCUT2D eigenvalue weighted by atomic mass is 9.77. The third-order valence-corrected chi connectivity index (χ3v) is 4.56. The van der Waals surface area contributed by atoms with E-state index in [9.17, 15) is 15.0 Å². The lowest BCUT2D eigenvalue weighted by Crippen LogP contribution is -2.41. The zero-order valence-electron chi connectivity index (χ0n) is 13.6. The van der Waals surface area contributed by atoms with Crippen LogP contribution in [0, 0.1) is 0 Å². The minimum atomic E-state index is -0.747. The molecule has 0 bridgehead atoms. The van der Waals surface area contributed by atoms with E-state index in [1.165, 1.54) is 18.2 Å². The van der Waals surface area contributed by atoms with Crippen LogP contribution < -0.4 is 0 Å². The van der Waals surface area contributed by atoms with Gasteiger partial charge in [-0.15, -0.1) is 0 Å². The van der Waals surface area contributed by atoms with Gasteiger partial charge >= 0.3 is 7.12 Å². The van der Waals surface area contributed by atoms with Crippen LogP contribution in [0.25, 0.3) is 6.08 Å². The predicted molar refractivity (Wildman–Crippen MR) is 89.6 cm³/mol. The summed E-state index contributed by atoms with van der Waals surface area (Å²) in [5.41, 5.74) is -0.265. The lowest BCUT2D eigenvalue weighted by molar-refractivity contribution is 0.00578. The average molecular weight is 339 g/mol. The molecule has 0 radical (unpaired) electrons. The number of aliphatic hydroxyl groups is 1. The molecule has 124 valence electrons. The number of halogens is 1. The fraction of sp³-hybridized carbons (Fsp3) is 0.438. The van der Waals surface area contributed by atoms with Crippen LogP contribution in [0.15, 0.2) is 17.6 Å². The van der Waals surface area contributed by atoms with Crippen LogP contribution in [0.2, 0.25) is 5.02 Å². The van der Waals surface area contributed by atoms with Gasteiger partial charge in [0.1, 0.15) is 5.75 Å². The monoisotopic (exact) mass is 338 g/mol. The molecule has 1 aromatic carbocycles. The maximum absolute atomic E-state index is 11.0. The maximum Gasteiger partial charge on any atom is 0.492 e. The summed E-state index contributed by atoms with van der Waals surface area (Å²) in [6.07, 6.45) is 2.04. The Morgan fingerprint density at radius 2 is 1.74 bits per heavy atom. The van der Waals surface area contributed by atoms with Crippen LogP contribution in [0.4, 0.5) is 0 Å². The first-order chi connectivity index (χ1) is 10.6. The molecule has 1 aromatic rings. The van der Waals surface area contributed by atoms with Gasteiger partial charge in [0.2, 0.25) is 0 Å². The second-order valence-electron chi connectivity index (χ2n) is 6.52. The number of rotatable bonds is 4. The molecule has 7 heteroatoms. The summed E-state index contributed by atoms with van der Waals surface area (Å²) in [4.78, 5) is 11.0. The van der Waals surface area contributed by atoms with Gasteiger partial charge in [-0.25, -0.2) is 0 Å². The van der Waals surface area contributed by atoms with E-state index in [1.54, 1.807) is 0 Å². The molecule has 2 N–H and O–H groups in total. The molecule has 5 nitrogen and oxygen atoms in total. The van der Waals surface area contributed by atoms with Gasteiger partial charge in [-0.1, -0.05) is 17.7 Å². The number of carbonyl (C=O) groups excluding carboxylic acids is 1. The Balaban J connectivity index is 2.42. The second kappa shape index (κ2) is 6.28. The Morgan fingerprint density at radius 3 is 2.22 bits per heavy atom. The van der Waals surface area contributed by atoms with Gasteiger partial charge in [-0.2, -0.15) is 0 Å². The second-order valence-corrected chi connectivity index (χ2v) is 6.95. The number of aliphatic hydroxyl groups excluding tert-OH is 1. The molecule has 0 atom stereocenters. The van der Waals surface area contributed by atoms with Gasteiger partial charge in [-0.3, -0.25) is 4.79 Å². The van der Waals surface area contributed by atoms with Gasteiger partial charge < -0.3 is 19.5 Å². The van der Waals surface area contributed by atoms with Gasteiger partial charge in [0.05, 0.1) is 23.4 Å². The number of phenols is 1. The highest BCUT2D eigenvalue weighted by Crippen LogP contribution is 2.39. The molecule has 0 saturated carbocycles. The molecular formula is C16H20BClO5. The Kier molecular flexibility index (Phi) is 4.92. The van der Waals surface area contributed by atoms with Gasteiger partial charge in [-0.05, 0) is 45.3 Å². The molecule has 0 spiro atoms. The molecule has 0 amide bonds. The normalized spacial score (nSPS) is 19.9. The van der Waals surface area contributed by atoms with E-state index >= 15 is 0 Å². The number of aromatic hydroxyl groups is 1. The van der Waals surface area contributed by atoms with Crippen molar-refractivity contribution in [3.8, 4) is 5.75 Å². The van der Waals surface area contributed by atoms with Crippen LogP contribution in [0.5, 0.6) is 5.75 Å². The summed E-state index contributed by atoms with van der Waals surface area (Å²) in [7, 11) is -0.747. The van der Waals surface area contributed by atoms with Crippen molar-refractivity contribution >= 4 is 31.1 Å². The van der Waals surface area contributed by atoms with Gasteiger partial charge in [0.15, 0.2) is 6.29 Å². The zero-order valence-corrected chi connectivity index (χ0v) is 14.3. The largest absolute Gasteiger partial charge is 0.507 e. The average Bonchev–Trinajstić information content (AvgIpc) is 2.67. The van der Waals surface area contributed by atoms with Crippen LogP contribution in [0.1, 0.15) is 43.6 Å². The molecule has 0 aliphatic carbocycles. The number of phenolic OH excluding ortho intramolecular Hbond substituents is 1. The molecule has 1 aliphatic heterocycles. The zero-order chi connectivity index (χ0) is 17.4. The molecule has 0 aromatic heterocycles. The minimum absolute atomic E-state index is 0.0787. The highest BCUT2D eigenvalue weighted by Gasteiger charge is 2.52. The first-order valence-corrected chi connectivity index (χ1v) is 7.64. The molecular weight excluding hydrogens is 318 g/mol. The number of hydrogen-bond donors (Lipinski definition) is 2. The molecule has 1 heterocycles. The summed E-state index contributed by atoms with van der Waals surface area (Å²) in [6, 6.07) is 2.87. The fourth-order valence-electron chi connectivity index (χ4n) is 2.22. The Bertz CT molecular complexity index is 638. The molecule has 1 saturated heterocycles. The van der Waals surface area contributed by atoms with E-state index in [1.807, 2.05) is 27.7 Å². The molecule has 1 fully saturated rings. The molecule has 23 heavy (non-hydrogen) atoms. The van der Waals surface area contributed by atoms with E-state index < -0.39 is 18.3 Å². The highest BCUT2D eigenvalue weighted by atomic mass is 35.5. The van der Waals surface area contributed by atoms with E-state index in [4.69, 9.17) is 20.9 Å². The van der Waals surface area contributed by atoms with Crippen molar-refractivity contribution in [2.75, 3.05) is 6.61 Å². The van der Waals surface area contributed by atoms with Crippen LogP contribution >= 0.6 is 11.6 Å². The van der Waals surface area contributed by atoms with Gasteiger partial charge in [0.25, 0.3) is 0 Å². The number of aldehydes is 1. The summed E-state index contributed by atoms with van der Waals surface area (Å²) in [5.74, 6) is -0.202. The number of benzene rings is 1. The van der Waals surface area contributed by atoms with E-state index in [0.29, 0.717) is 22.3 Å². The Labute approximate surface area is 141 Å². The van der Waals surface area contributed by atoms with Crippen molar-refractivity contribution < 1.29 is 24.3 Å². The van der Waals surface area contributed by atoms with E-state index in [0.717, 1.165) is 0 Å². The van der Waals surface area contributed by atoms with Crippen molar-refractivity contribution in [2.45, 2.75) is 38.9 Å². The summed E-state index contributed by atoms with van der Waals surface area (Å²) in [6.45, 7) is 7.30. The van der Waals surface area contributed by atoms with Crippen molar-refractivity contribution in [3.63, 3.8) is 0 Å². The predicted octanol–water partition coefficient (Wildman–Crippen LogP) is 2.87. The van der Waals surface area contributed by atoms with Gasteiger partial charge in [0, 0.05) is 10.6 Å². The minimum Gasteiger partial charge on any atom is -0.507 e. The van der Waals surface area contributed by atoms with Crippen molar-refractivity contribution in [3.05, 3.63) is 33.8 Å². The molecule has 1 aliphatic rings. The lowest BCUT2D eigenvalue weighted by Gasteiger charge is -2.32. The van der Waals surface area contributed by atoms with Crippen molar-refractivity contribution in [1.82, 2.24) is 0 Å². The van der Waals surface area contributed by atoms with Crippen LogP contribution in [0.3, 0.4) is 0 Å². The first-order valence-electron chi connectivity index (χ1n) is 7.26. The third kappa shape index (κ3) is 3.45. The van der Waals surface area contributed by atoms with E-state index in [-0.39, 0.29) is 17.9 Å². The quantitative estimate of drug-likeness (QED) is 0.652. The summed E-state index contributed by atoms with van der Waals surface area (Å²) < 4.78 is 11.8. The van der Waals surface area contributed by atoms with Crippen molar-refractivity contribution in [2.24, 2.45) is 0 Å². The Hall–Kier alpha value is -1.34. The highest BCUT2D eigenvalue weighted by molar-refractivity contribution is 6.55. The smallest absolute Gasteiger partial charge is 0.492 e. The van der Waals surface area contributed by atoms with Crippen LogP contribution in [-0.2, 0) is 9.31 Å². The maximum atomic E-state index is 11.0. The molecule has 0 unspecified atom stereocenters. The number of carbonyl (C=O) groups is 1. The summed E-state index contributed by atoms with van der Waals surface area (Å²) in [5, 5.41) is 20.1. The van der Waals surface area contributed by atoms with E-state index in [2.05, 4.69) is 0 Å². The molecule has 2 rings (SSSR count). The topological polar surface area (TPSA) is 76.0 Å². The number of hydrogen-bond acceptors (Lipinski definition) is 5.